The van der Waals surface area contributed by atoms with Crippen LogP contribution in [-0.4, -0.2) is 26.5 Å². The van der Waals surface area contributed by atoms with Crippen molar-refractivity contribution >= 4 is 5.91 Å². The summed E-state index contributed by atoms with van der Waals surface area (Å²) in [5, 5.41) is 16.2. The van der Waals surface area contributed by atoms with Crippen LogP contribution in [0, 0.1) is 11.8 Å². The van der Waals surface area contributed by atoms with Gasteiger partial charge in [-0.1, -0.05) is 12.1 Å². The van der Waals surface area contributed by atoms with Crippen LogP contribution >= 0.6 is 0 Å². The summed E-state index contributed by atoms with van der Waals surface area (Å²) in [6, 6.07) is 4.09. The van der Waals surface area contributed by atoms with E-state index >= 15 is 0 Å². The van der Waals surface area contributed by atoms with Gasteiger partial charge in [-0.3, -0.25) is 4.79 Å². The predicted molar refractivity (Wildman–Crippen MR) is 72.1 cm³/mol. The maximum absolute atomic E-state index is 12.1. The van der Waals surface area contributed by atoms with Crippen molar-refractivity contribution in [2.45, 2.75) is 38.1 Å². The highest BCUT2D eigenvalue weighted by Crippen LogP contribution is 2.51. The summed E-state index contributed by atoms with van der Waals surface area (Å²) in [4.78, 5) is 12.1. The third-order valence-electron chi connectivity index (χ3n) is 4.43. The molecule has 2 N–H and O–H groups in total. The molecule has 1 amide bonds. The zero-order chi connectivity index (χ0) is 14.4. The van der Waals surface area contributed by atoms with E-state index in [1.807, 2.05) is 6.07 Å². The Hall–Kier alpha value is -2.18. The van der Waals surface area contributed by atoms with E-state index in [0.29, 0.717) is 18.3 Å². The number of carbonyl (C=O) groups is 1. The van der Waals surface area contributed by atoms with Gasteiger partial charge in [0, 0.05) is 17.8 Å². The molecule has 2 aromatic heterocycles. The molecule has 2 aliphatic rings. The van der Waals surface area contributed by atoms with Crippen molar-refractivity contribution in [2.75, 3.05) is 0 Å². The van der Waals surface area contributed by atoms with Gasteiger partial charge in [0.25, 0.3) is 0 Å². The molecular formula is C14H17N5O2. The summed E-state index contributed by atoms with van der Waals surface area (Å²) in [6.07, 6.45) is 2.07. The Morgan fingerprint density at radius 2 is 2.14 bits per heavy atom. The molecule has 0 aliphatic heterocycles. The topological polar surface area (TPSA) is 96.7 Å². The number of tetrazole rings is 1. The molecule has 2 aliphatic carbocycles. The molecule has 21 heavy (non-hydrogen) atoms. The summed E-state index contributed by atoms with van der Waals surface area (Å²) < 4.78 is 5.91. The maximum Gasteiger partial charge on any atom is 0.224 e. The fourth-order valence-corrected chi connectivity index (χ4v) is 2.84. The van der Waals surface area contributed by atoms with Crippen molar-refractivity contribution in [3.05, 3.63) is 29.5 Å². The van der Waals surface area contributed by atoms with Gasteiger partial charge in [-0.2, -0.15) is 5.21 Å². The Labute approximate surface area is 121 Å². The van der Waals surface area contributed by atoms with Crippen molar-refractivity contribution < 1.29 is 9.21 Å². The van der Waals surface area contributed by atoms with Gasteiger partial charge in [0.1, 0.15) is 11.5 Å². The lowest BCUT2D eigenvalue weighted by atomic mass is 10.2. The smallest absolute Gasteiger partial charge is 0.224 e. The van der Waals surface area contributed by atoms with E-state index in [1.54, 1.807) is 0 Å². The molecule has 4 atom stereocenters. The van der Waals surface area contributed by atoms with Crippen molar-refractivity contribution in [3.63, 3.8) is 0 Å². The highest BCUT2D eigenvalue weighted by Gasteiger charge is 2.46. The van der Waals surface area contributed by atoms with Gasteiger partial charge in [-0.15, -0.1) is 10.2 Å². The molecule has 110 valence electrons. The maximum atomic E-state index is 12.1. The lowest BCUT2D eigenvalue weighted by Gasteiger charge is -2.00. The Morgan fingerprint density at radius 1 is 1.38 bits per heavy atom. The zero-order valence-electron chi connectivity index (χ0n) is 11.7. The first-order valence-electron chi connectivity index (χ1n) is 7.32. The van der Waals surface area contributed by atoms with E-state index in [0.717, 1.165) is 23.9 Å². The molecule has 7 heteroatoms. The van der Waals surface area contributed by atoms with E-state index < -0.39 is 0 Å². The van der Waals surface area contributed by atoms with Crippen LogP contribution in [0.25, 0.3) is 0 Å². The lowest BCUT2D eigenvalue weighted by molar-refractivity contribution is -0.122. The number of amides is 1. The third-order valence-corrected chi connectivity index (χ3v) is 4.43. The fraction of sp³-hybridized carbons (Fsp3) is 0.571. The molecule has 2 aromatic rings. The predicted octanol–water partition coefficient (Wildman–Crippen LogP) is 1.34. The Morgan fingerprint density at radius 3 is 2.81 bits per heavy atom. The Balaban J connectivity index is 1.32. The molecule has 2 fully saturated rings. The molecule has 2 saturated carbocycles. The number of nitrogens with one attached hydrogen (secondary N) is 2. The van der Waals surface area contributed by atoms with Crippen LogP contribution < -0.4 is 5.32 Å². The minimum Gasteiger partial charge on any atom is -0.465 e. The number of carbonyl (C=O) groups excluding carboxylic acids is 1. The molecule has 0 aromatic carbocycles. The van der Waals surface area contributed by atoms with Crippen LogP contribution in [0.15, 0.2) is 16.5 Å². The molecule has 4 rings (SSSR count). The van der Waals surface area contributed by atoms with E-state index in [2.05, 4.69) is 38.9 Å². The average molecular weight is 287 g/mol. The standard InChI is InChI=1S/C14H17N5O2/c1-7-4-8(7)11-2-3-12(21-11)9-5-10(9)14(20)15-6-13-16-18-19-17-13/h2-3,7-10H,4-6H2,1H3,(H,15,20)(H,16,17,18,19). The van der Waals surface area contributed by atoms with Crippen LogP contribution in [0.5, 0.6) is 0 Å². The van der Waals surface area contributed by atoms with Crippen LogP contribution in [0.4, 0.5) is 0 Å². The second-order valence-electron chi connectivity index (χ2n) is 6.05. The van der Waals surface area contributed by atoms with Gasteiger partial charge < -0.3 is 9.73 Å². The quantitative estimate of drug-likeness (QED) is 0.865. The van der Waals surface area contributed by atoms with Crippen LogP contribution in [0.3, 0.4) is 0 Å². The highest BCUT2D eigenvalue weighted by molar-refractivity contribution is 5.82. The van der Waals surface area contributed by atoms with Crippen LogP contribution in [-0.2, 0) is 11.3 Å². The molecule has 0 bridgehead atoms. The number of H-pyrrole nitrogens is 1. The van der Waals surface area contributed by atoms with Gasteiger partial charge >= 0.3 is 0 Å². The number of aromatic amines is 1. The molecule has 2 heterocycles. The average Bonchev–Trinajstić information content (AvgIpc) is 3.29. The van der Waals surface area contributed by atoms with Crippen molar-refractivity contribution in [1.82, 2.24) is 25.9 Å². The van der Waals surface area contributed by atoms with Gasteiger partial charge in [0.2, 0.25) is 5.91 Å². The Bertz CT molecular complexity index is 650. The van der Waals surface area contributed by atoms with E-state index in [1.165, 1.54) is 6.42 Å². The Kier molecular flexibility index (Phi) is 2.80. The SMILES string of the molecule is CC1CC1c1ccc(C2CC2C(=O)NCc2nn[nH]n2)o1. The molecule has 0 radical (unpaired) electrons. The summed E-state index contributed by atoms with van der Waals surface area (Å²) >= 11 is 0. The number of nitrogens with zero attached hydrogens (tertiary/aromatic N) is 3. The number of furan rings is 1. The monoisotopic (exact) mass is 287 g/mol. The largest absolute Gasteiger partial charge is 0.465 e. The van der Waals surface area contributed by atoms with Gasteiger partial charge in [0.05, 0.1) is 6.54 Å². The summed E-state index contributed by atoms with van der Waals surface area (Å²) in [6.45, 7) is 2.54. The first kappa shape index (κ1) is 12.6. The number of aromatic nitrogens is 4. The lowest BCUT2D eigenvalue weighted by Crippen LogP contribution is -2.25. The summed E-state index contributed by atoms with van der Waals surface area (Å²) in [5.41, 5.74) is 0. The first-order chi connectivity index (χ1) is 10.2. The minimum absolute atomic E-state index is 0.00697. The summed E-state index contributed by atoms with van der Waals surface area (Å²) in [7, 11) is 0. The van der Waals surface area contributed by atoms with Crippen LogP contribution in [0.1, 0.15) is 48.9 Å². The zero-order valence-corrected chi connectivity index (χ0v) is 11.7. The highest BCUT2D eigenvalue weighted by atomic mass is 16.3. The van der Waals surface area contributed by atoms with E-state index in [9.17, 15) is 4.79 Å². The molecule has 4 unspecified atom stereocenters. The van der Waals surface area contributed by atoms with Crippen molar-refractivity contribution in [3.8, 4) is 0 Å². The van der Waals surface area contributed by atoms with Crippen molar-refractivity contribution in [1.29, 1.82) is 0 Å². The van der Waals surface area contributed by atoms with Gasteiger partial charge in [-0.25, -0.2) is 0 Å². The van der Waals surface area contributed by atoms with Gasteiger partial charge in [-0.05, 0) is 30.9 Å². The number of rotatable bonds is 5. The third kappa shape index (κ3) is 2.43. The molecular weight excluding hydrogens is 270 g/mol. The van der Waals surface area contributed by atoms with E-state index in [-0.39, 0.29) is 17.7 Å². The second-order valence-corrected chi connectivity index (χ2v) is 6.05. The first-order valence-corrected chi connectivity index (χ1v) is 7.32. The fourth-order valence-electron chi connectivity index (χ4n) is 2.84. The minimum atomic E-state index is 0.00697. The van der Waals surface area contributed by atoms with E-state index in [4.69, 9.17) is 4.42 Å². The molecule has 0 saturated heterocycles. The normalized spacial score (nSPS) is 30.1. The van der Waals surface area contributed by atoms with Gasteiger partial charge in [0.15, 0.2) is 5.82 Å². The van der Waals surface area contributed by atoms with Crippen LogP contribution in [0.2, 0.25) is 0 Å². The number of hydrogen-bond acceptors (Lipinski definition) is 5. The second kappa shape index (κ2) is 4.68. The summed E-state index contributed by atoms with van der Waals surface area (Å²) in [5.74, 6) is 4.09. The number of hydrogen-bond donors (Lipinski definition) is 2. The van der Waals surface area contributed by atoms with Crippen molar-refractivity contribution in [2.24, 2.45) is 11.8 Å². The molecule has 7 nitrogen and oxygen atoms in total. The molecule has 0 spiro atoms.